The predicted molar refractivity (Wildman–Crippen MR) is 125 cm³/mol. The molecule has 0 bridgehead atoms. The summed E-state index contributed by atoms with van der Waals surface area (Å²) in [5.41, 5.74) is 7.85. The van der Waals surface area contributed by atoms with E-state index in [9.17, 15) is 4.57 Å². The second-order valence-electron chi connectivity index (χ2n) is 6.20. The molecule has 2 N–H and O–H groups in total. The van der Waals surface area contributed by atoms with Crippen LogP contribution in [0.4, 0.5) is 5.82 Å². The molecule has 0 aliphatic carbocycles. The quantitative estimate of drug-likeness (QED) is 0.299. The lowest BCUT2D eigenvalue weighted by molar-refractivity contribution is 0.219. The molecule has 0 aliphatic heterocycles. The SMILES string of the molecule is CCOP(=O)(CCn1c(Sc2nc3cncc(Br)c3s2)nc2c(N)ncnc21)OCC. The van der Waals surface area contributed by atoms with Crippen molar-refractivity contribution in [3.05, 3.63) is 23.2 Å². The van der Waals surface area contributed by atoms with Crippen LogP contribution in [0.1, 0.15) is 13.8 Å². The number of fused-ring (bicyclic) bond motifs is 2. The van der Waals surface area contributed by atoms with Crippen LogP contribution in [0, 0.1) is 0 Å². The lowest BCUT2D eigenvalue weighted by Gasteiger charge is -2.17. The Bertz CT molecular complexity index is 1270. The lowest BCUT2D eigenvalue weighted by Crippen LogP contribution is -2.09. The highest BCUT2D eigenvalue weighted by Gasteiger charge is 2.26. The second kappa shape index (κ2) is 9.47. The summed E-state index contributed by atoms with van der Waals surface area (Å²) in [6, 6.07) is 0. The number of nitrogen functional groups attached to an aromatic ring is 1. The van der Waals surface area contributed by atoms with E-state index in [0.717, 1.165) is 19.0 Å². The molecule has 0 atom stereocenters. The van der Waals surface area contributed by atoms with Crippen LogP contribution in [0.5, 0.6) is 0 Å². The highest BCUT2D eigenvalue weighted by molar-refractivity contribution is 9.10. The van der Waals surface area contributed by atoms with E-state index in [1.807, 2.05) is 4.57 Å². The zero-order valence-electron chi connectivity index (χ0n) is 16.7. The summed E-state index contributed by atoms with van der Waals surface area (Å²) in [7, 11) is -3.24. The van der Waals surface area contributed by atoms with E-state index in [-0.39, 0.29) is 12.0 Å². The summed E-state index contributed by atoms with van der Waals surface area (Å²) >= 11 is 6.41. The van der Waals surface area contributed by atoms with Crippen molar-refractivity contribution in [3.8, 4) is 0 Å². The van der Waals surface area contributed by atoms with E-state index < -0.39 is 7.60 Å². The Kier molecular flexibility index (Phi) is 6.89. The summed E-state index contributed by atoms with van der Waals surface area (Å²) in [6.07, 6.45) is 5.01. The van der Waals surface area contributed by atoms with Gasteiger partial charge in [0.25, 0.3) is 0 Å². The first-order chi connectivity index (χ1) is 14.9. The summed E-state index contributed by atoms with van der Waals surface area (Å²) in [4.78, 5) is 21.8. The summed E-state index contributed by atoms with van der Waals surface area (Å²) in [6.45, 7) is 4.49. The average molecular weight is 544 g/mol. The molecule has 4 rings (SSSR count). The van der Waals surface area contributed by atoms with Crippen molar-refractivity contribution in [1.82, 2.24) is 29.5 Å². The number of halogens is 1. The zero-order chi connectivity index (χ0) is 22.0. The Labute approximate surface area is 194 Å². The van der Waals surface area contributed by atoms with Crippen molar-refractivity contribution >= 4 is 73.8 Å². The summed E-state index contributed by atoms with van der Waals surface area (Å²) in [5, 5.41) is 0.616. The first-order valence-electron chi connectivity index (χ1n) is 9.36. The van der Waals surface area contributed by atoms with E-state index in [2.05, 4.69) is 40.8 Å². The Morgan fingerprint density at radius 1 is 1.23 bits per heavy atom. The number of hydrogen-bond acceptors (Lipinski definition) is 11. The number of aryl methyl sites for hydroxylation is 1. The number of nitrogens with zero attached hydrogens (tertiary/aromatic N) is 6. The largest absolute Gasteiger partial charge is 0.382 e. The van der Waals surface area contributed by atoms with Gasteiger partial charge in [0.1, 0.15) is 11.8 Å². The molecule has 31 heavy (non-hydrogen) atoms. The van der Waals surface area contributed by atoms with Crippen molar-refractivity contribution in [2.75, 3.05) is 25.1 Å². The molecule has 0 saturated carbocycles. The smallest absolute Gasteiger partial charge is 0.332 e. The lowest BCUT2D eigenvalue weighted by atomic mass is 10.5. The van der Waals surface area contributed by atoms with Crippen LogP contribution in [0.15, 0.2) is 32.7 Å². The fourth-order valence-electron chi connectivity index (χ4n) is 2.92. The maximum Gasteiger partial charge on any atom is 0.332 e. The number of rotatable bonds is 9. The van der Waals surface area contributed by atoms with Crippen molar-refractivity contribution < 1.29 is 13.6 Å². The molecular formula is C17H19BrN7O3PS2. The zero-order valence-corrected chi connectivity index (χ0v) is 20.8. The normalized spacial score (nSPS) is 12.2. The number of anilines is 1. The Morgan fingerprint density at radius 3 is 2.71 bits per heavy atom. The Hall–Kier alpha value is -1.63. The number of pyridine rings is 1. The molecule has 4 heterocycles. The van der Waals surface area contributed by atoms with Gasteiger partial charge in [-0.25, -0.2) is 19.9 Å². The molecule has 0 unspecified atom stereocenters. The van der Waals surface area contributed by atoms with Gasteiger partial charge < -0.3 is 19.3 Å². The van der Waals surface area contributed by atoms with Crippen molar-refractivity contribution in [2.45, 2.75) is 29.9 Å². The molecule has 0 amide bonds. The van der Waals surface area contributed by atoms with Crippen LogP contribution >= 0.6 is 46.6 Å². The van der Waals surface area contributed by atoms with Crippen LogP contribution in [0.2, 0.25) is 0 Å². The standard InChI is InChI=1S/C17H19BrN7O3PS2/c1-3-27-29(26,28-4-2)6-5-25-15-12(14(19)21-9-22-15)24-16(25)31-17-23-11-8-20-7-10(18)13(11)30-17/h7-9H,3-6H2,1-2H3,(H2,19,21,22). The molecule has 0 fully saturated rings. The van der Waals surface area contributed by atoms with E-state index >= 15 is 0 Å². The van der Waals surface area contributed by atoms with Crippen LogP contribution < -0.4 is 5.73 Å². The Balaban J connectivity index is 1.71. The van der Waals surface area contributed by atoms with Gasteiger partial charge in [-0.3, -0.25) is 9.55 Å². The minimum absolute atomic E-state index is 0.174. The highest BCUT2D eigenvalue weighted by atomic mass is 79.9. The third-order valence-corrected chi connectivity index (χ3v) is 9.26. The monoisotopic (exact) mass is 543 g/mol. The van der Waals surface area contributed by atoms with Gasteiger partial charge in [-0.15, -0.1) is 11.3 Å². The van der Waals surface area contributed by atoms with Crippen LogP contribution in [0.3, 0.4) is 0 Å². The van der Waals surface area contributed by atoms with Gasteiger partial charge in [0, 0.05) is 12.7 Å². The van der Waals surface area contributed by atoms with E-state index in [0.29, 0.717) is 36.1 Å². The molecule has 0 spiro atoms. The van der Waals surface area contributed by atoms with Crippen LogP contribution in [-0.4, -0.2) is 48.9 Å². The molecule has 4 aromatic rings. The van der Waals surface area contributed by atoms with Gasteiger partial charge >= 0.3 is 7.60 Å². The summed E-state index contributed by atoms with van der Waals surface area (Å²) < 4.78 is 28.3. The molecule has 10 nitrogen and oxygen atoms in total. The van der Waals surface area contributed by atoms with Gasteiger partial charge in [-0.05, 0) is 41.5 Å². The Morgan fingerprint density at radius 2 is 2.00 bits per heavy atom. The van der Waals surface area contributed by atoms with Crippen molar-refractivity contribution in [3.63, 3.8) is 0 Å². The molecule has 0 aliphatic rings. The highest BCUT2D eigenvalue weighted by Crippen LogP contribution is 2.48. The van der Waals surface area contributed by atoms with Gasteiger partial charge in [-0.1, -0.05) is 0 Å². The molecule has 0 aromatic carbocycles. The van der Waals surface area contributed by atoms with E-state index in [1.54, 1.807) is 26.2 Å². The molecule has 0 saturated heterocycles. The van der Waals surface area contributed by atoms with Gasteiger partial charge in [0.2, 0.25) is 0 Å². The number of aromatic nitrogens is 6. The van der Waals surface area contributed by atoms with Crippen molar-refractivity contribution in [1.29, 1.82) is 0 Å². The van der Waals surface area contributed by atoms with Crippen molar-refractivity contribution in [2.24, 2.45) is 0 Å². The van der Waals surface area contributed by atoms with E-state index in [1.165, 1.54) is 29.4 Å². The number of imidazole rings is 1. The number of nitrogens with two attached hydrogens (primary N) is 1. The summed E-state index contributed by atoms with van der Waals surface area (Å²) in [5.74, 6) is 0.277. The molecule has 164 valence electrons. The molecule has 4 aromatic heterocycles. The minimum atomic E-state index is -3.24. The first-order valence-corrected chi connectivity index (χ1v) is 13.5. The maximum absolute atomic E-state index is 13.0. The maximum atomic E-state index is 13.0. The minimum Gasteiger partial charge on any atom is -0.382 e. The van der Waals surface area contributed by atoms with Gasteiger partial charge in [-0.2, -0.15) is 0 Å². The van der Waals surface area contributed by atoms with Crippen LogP contribution in [0.25, 0.3) is 21.4 Å². The number of hydrogen-bond donors (Lipinski definition) is 1. The third-order valence-electron chi connectivity index (χ3n) is 4.19. The topological polar surface area (TPSA) is 131 Å². The second-order valence-corrected chi connectivity index (χ2v) is 11.5. The fraction of sp³-hybridized carbons (Fsp3) is 0.353. The molecule has 14 heteroatoms. The fourth-order valence-corrected chi connectivity index (χ4v) is 7.09. The molecule has 0 radical (unpaired) electrons. The predicted octanol–water partition coefficient (Wildman–Crippen LogP) is 4.59. The first kappa shape index (κ1) is 22.6. The van der Waals surface area contributed by atoms with Gasteiger partial charge in [0.15, 0.2) is 26.5 Å². The average Bonchev–Trinajstić information content (AvgIpc) is 3.30. The van der Waals surface area contributed by atoms with Crippen LogP contribution in [-0.2, 0) is 20.2 Å². The van der Waals surface area contributed by atoms with E-state index in [4.69, 9.17) is 14.8 Å². The third kappa shape index (κ3) is 4.76. The van der Waals surface area contributed by atoms with Gasteiger partial charge in [0.05, 0.1) is 34.7 Å². The molecular weight excluding hydrogens is 525 g/mol. The number of thiazole rings is 1.